The van der Waals surface area contributed by atoms with E-state index >= 15 is 0 Å². The van der Waals surface area contributed by atoms with Crippen molar-refractivity contribution >= 4 is 39.9 Å². The summed E-state index contributed by atoms with van der Waals surface area (Å²) in [5.41, 5.74) is 0.382. The number of halogens is 1. The number of urea groups is 1. The standard InChI is InChI=1S/C16H16BrN3O5/c17-11-1-2-13(21)10(7-11)8-12-15(23)20(16(24)18-12)9-14(22)19-3-5-25-6-4-19/h1-2,7-8,21H,3-6,9H2,(H,18,24)/b12-8-. The average molecular weight is 410 g/mol. The summed E-state index contributed by atoms with van der Waals surface area (Å²) in [5, 5.41) is 12.3. The normalized spacial score (nSPS) is 19.5. The number of amides is 4. The number of hydrogen-bond donors (Lipinski definition) is 2. The van der Waals surface area contributed by atoms with E-state index in [1.54, 1.807) is 17.0 Å². The second kappa shape index (κ2) is 7.24. The highest BCUT2D eigenvalue weighted by atomic mass is 79.9. The second-order valence-electron chi connectivity index (χ2n) is 5.58. The summed E-state index contributed by atoms with van der Waals surface area (Å²) in [5.74, 6) is -0.940. The maximum atomic E-state index is 12.4. The van der Waals surface area contributed by atoms with Crippen LogP contribution in [0.3, 0.4) is 0 Å². The van der Waals surface area contributed by atoms with Gasteiger partial charge in [-0.05, 0) is 24.3 Å². The Hall–Kier alpha value is -2.39. The summed E-state index contributed by atoms with van der Waals surface area (Å²) < 4.78 is 5.89. The van der Waals surface area contributed by atoms with Crippen molar-refractivity contribution in [1.29, 1.82) is 0 Å². The second-order valence-corrected chi connectivity index (χ2v) is 6.49. The van der Waals surface area contributed by atoms with Gasteiger partial charge >= 0.3 is 6.03 Å². The predicted octanol–water partition coefficient (Wildman–Crippen LogP) is 0.906. The minimum Gasteiger partial charge on any atom is -0.507 e. The van der Waals surface area contributed by atoms with Gasteiger partial charge in [-0.15, -0.1) is 0 Å². The SMILES string of the molecule is O=C(CN1C(=O)N/C(=C\c2cc(Br)ccc2O)C1=O)N1CCOCC1. The molecule has 8 nitrogen and oxygen atoms in total. The molecule has 1 aromatic carbocycles. The van der Waals surface area contributed by atoms with Gasteiger partial charge in [0.15, 0.2) is 0 Å². The van der Waals surface area contributed by atoms with Crippen LogP contribution in [0.15, 0.2) is 28.4 Å². The highest BCUT2D eigenvalue weighted by Crippen LogP contribution is 2.25. The first-order valence-corrected chi connectivity index (χ1v) is 8.43. The molecular formula is C16H16BrN3O5. The number of ether oxygens (including phenoxy) is 1. The van der Waals surface area contributed by atoms with Gasteiger partial charge in [-0.25, -0.2) is 9.69 Å². The molecule has 2 N–H and O–H groups in total. The van der Waals surface area contributed by atoms with Crippen molar-refractivity contribution < 1.29 is 24.2 Å². The molecule has 9 heteroatoms. The van der Waals surface area contributed by atoms with E-state index in [1.165, 1.54) is 12.1 Å². The molecule has 0 unspecified atom stereocenters. The lowest BCUT2D eigenvalue weighted by Gasteiger charge is -2.27. The molecule has 2 heterocycles. The number of nitrogens with one attached hydrogen (secondary N) is 1. The van der Waals surface area contributed by atoms with Crippen LogP contribution in [0.2, 0.25) is 0 Å². The molecule has 4 amide bonds. The van der Waals surface area contributed by atoms with E-state index in [2.05, 4.69) is 21.2 Å². The van der Waals surface area contributed by atoms with Crippen LogP contribution in [-0.2, 0) is 14.3 Å². The number of rotatable bonds is 3. The third-order valence-corrected chi connectivity index (χ3v) is 4.40. The summed E-state index contributed by atoms with van der Waals surface area (Å²) in [7, 11) is 0. The van der Waals surface area contributed by atoms with E-state index in [1.807, 2.05) is 0 Å². The van der Waals surface area contributed by atoms with Crippen LogP contribution in [0.1, 0.15) is 5.56 Å². The van der Waals surface area contributed by atoms with Gasteiger partial charge in [-0.3, -0.25) is 9.59 Å². The number of phenols is 1. The van der Waals surface area contributed by atoms with Gasteiger partial charge in [0.2, 0.25) is 5.91 Å². The number of morpholine rings is 1. The van der Waals surface area contributed by atoms with Crippen molar-refractivity contribution in [1.82, 2.24) is 15.1 Å². The summed E-state index contributed by atoms with van der Waals surface area (Å²) in [6.07, 6.45) is 1.37. The lowest BCUT2D eigenvalue weighted by molar-refractivity contribution is -0.139. The number of aromatic hydroxyl groups is 1. The molecule has 0 saturated carbocycles. The molecule has 0 bridgehead atoms. The number of benzene rings is 1. The van der Waals surface area contributed by atoms with Crippen molar-refractivity contribution in [3.63, 3.8) is 0 Å². The van der Waals surface area contributed by atoms with Crippen LogP contribution >= 0.6 is 15.9 Å². The molecule has 2 fully saturated rings. The van der Waals surface area contributed by atoms with Crippen molar-refractivity contribution in [2.24, 2.45) is 0 Å². The van der Waals surface area contributed by atoms with Gasteiger partial charge in [0.05, 0.1) is 13.2 Å². The molecule has 2 saturated heterocycles. The minimum atomic E-state index is -0.660. The molecular weight excluding hydrogens is 394 g/mol. The van der Waals surface area contributed by atoms with Gasteiger partial charge in [-0.2, -0.15) is 0 Å². The quantitative estimate of drug-likeness (QED) is 0.570. The van der Waals surface area contributed by atoms with Crippen molar-refractivity contribution in [3.8, 4) is 5.75 Å². The number of imide groups is 1. The Bertz CT molecular complexity index is 758. The summed E-state index contributed by atoms with van der Waals surface area (Å²) in [4.78, 5) is 39.1. The summed E-state index contributed by atoms with van der Waals surface area (Å²) in [6, 6.07) is 4.08. The van der Waals surface area contributed by atoms with E-state index in [9.17, 15) is 19.5 Å². The van der Waals surface area contributed by atoms with Crippen molar-refractivity contribution in [2.45, 2.75) is 0 Å². The molecule has 0 aliphatic carbocycles. The van der Waals surface area contributed by atoms with Crippen LogP contribution in [0, 0.1) is 0 Å². The summed E-state index contributed by atoms with van der Waals surface area (Å²) >= 11 is 3.28. The van der Waals surface area contributed by atoms with E-state index in [-0.39, 0.29) is 23.9 Å². The zero-order chi connectivity index (χ0) is 18.0. The molecule has 2 aliphatic heterocycles. The molecule has 0 spiro atoms. The van der Waals surface area contributed by atoms with Crippen LogP contribution in [0.25, 0.3) is 6.08 Å². The Labute approximate surface area is 152 Å². The predicted molar refractivity (Wildman–Crippen MR) is 91.4 cm³/mol. The zero-order valence-corrected chi connectivity index (χ0v) is 14.8. The highest BCUT2D eigenvalue weighted by molar-refractivity contribution is 9.10. The Kier molecular flexibility index (Phi) is 5.05. The van der Waals surface area contributed by atoms with E-state index < -0.39 is 11.9 Å². The van der Waals surface area contributed by atoms with E-state index in [0.29, 0.717) is 36.3 Å². The molecule has 3 rings (SSSR count). The Morgan fingerprint density at radius 3 is 2.76 bits per heavy atom. The van der Waals surface area contributed by atoms with Gasteiger partial charge in [0.1, 0.15) is 18.0 Å². The third-order valence-electron chi connectivity index (χ3n) is 3.91. The third kappa shape index (κ3) is 3.83. The van der Waals surface area contributed by atoms with Gasteiger partial charge in [0.25, 0.3) is 5.91 Å². The lowest BCUT2D eigenvalue weighted by Crippen LogP contribution is -2.47. The van der Waals surface area contributed by atoms with Gasteiger partial charge in [-0.1, -0.05) is 15.9 Å². The van der Waals surface area contributed by atoms with Gasteiger partial charge < -0.3 is 20.1 Å². The number of carbonyl (C=O) groups is 3. The summed E-state index contributed by atoms with van der Waals surface area (Å²) in [6.45, 7) is 1.44. The smallest absolute Gasteiger partial charge is 0.329 e. The zero-order valence-electron chi connectivity index (χ0n) is 13.2. The van der Waals surface area contributed by atoms with E-state index in [0.717, 1.165) is 4.90 Å². The van der Waals surface area contributed by atoms with Crippen LogP contribution in [0.5, 0.6) is 5.75 Å². The largest absolute Gasteiger partial charge is 0.507 e. The monoisotopic (exact) mass is 409 g/mol. The lowest BCUT2D eigenvalue weighted by atomic mass is 10.1. The molecule has 0 aromatic heterocycles. The fraction of sp³-hybridized carbons (Fsp3) is 0.312. The highest BCUT2D eigenvalue weighted by Gasteiger charge is 2.36. The average Bonchev–Trinajstić information content (AvgIpc) is 2.86. The van der Waals surface area contributed by atoms with Gasteiger partial charge in [0, 0.05) is 23.1 Å². The number of hydrogen-bond acceptors (Lipinski definition) is 5. The fourth-order valence-corrected chi connectivity index (χ4v) is 2.94. The molecule has 1 aromatic rings. The van der Waals surface area contributed by atoms with Crippen LogP contribution in [-0.4, -0.2) is 65.6 Å². The van der Waals surface area contributed by atoms with Crippen molar-refractivity contribution in [3.05, 3.63) is 33.9 Å². The Morgan fingerprint density at radius 2 is 2.04 bits per heavy atom. The maximum absolute atomic E-state index is 12.4. The van der Waals surface area contributed by atoms with E-state index in [4.69, 9.17) is 4.74 Å². The first-order chi connectivity index (χ1) is 12.0. The van der Waals surface area contributed by atoms with Crippen LogP contribution < -0.4 is 5.32 Å². The fourth-order valence-electron chi connectivity index (χ4n) is 2.56. The maximum Gasteiger partial charge on any atom is 0.329 e. The molecule has 2 aliphatic rings. The number of phenolic OH excluding ortho intramolecular Hbond substituents is 1. The number of nitrogens with zero attached hydrogens (tertiary/aromatic N) is 2. The topological polar surface area (TPSA) is 99.2 Å². The van der Waals surface area contributed by atoms with Crippen molar-refractivity contribution in [2.75, 3.05) is 32.8 Å². The minimum absolute atomic E-state index is 0.00757. The first-order valence-electron chi connectivity index (χ1n) is 7.64. The Balaban J connectivity index is 1.74. The van der Waals surface area contributed by atoms with Crippen LogP contribution in [0.4, 0.5) is 4.79 Å². The first kappa shape index (κ1) is 17.4. The molecule has 132 valence electrons. The Morgan fingerprint density at radius 1 is 1.32 bits per heavy atom. The number of carbonyl (C=O) groups excluding carboxylic acids is 3. The molecule has 0 atom stereocenters. The molecule has 25 heavy (non-hydrogen) atoms. The molecule has 0 radical (unpaired) electrons.